The summed E-state index contributed by atoms with van der Waals surface area (Å²) in [6.45, 7) is 0.712. The van der Waals surface area contributed by atoms with Crippen molar-refractivity contribution in [1.29, 1.82) is 0 Å². The van der Waals surface area contributed by atoms with Gasteiger partial charge in [0, 0.05) is 31.7 Å². The van der Waals surface area contributed by atoms with Crippen LogP contribution in [0.15, 0.2) is 43.1 Å². The molecule has 0 fully saturated rings. The summed E-state index contributed by atoms with van der Waals surface area (Å²) in [4.78, 5) is 9.37. The van der Waals surface area contributed by atoms with Gasteiger partial charge in [0.25, 0.3) is 0 Å². The van der Waals surface area contributed by atoms with E-state index >= 15 is 0 Å². The highest BCUT2D eigenvalue weighted by atomic mass is 19.4. The molecule has 0 aromatic carbocycles. The molecule has 2 aromatic heterocycles. The number of anilines is 1. The minimum Gasteiger partial charge on any atom is -0.490 e. The zero-order chi connectivity index (χ0) is 21.2. The Morgan fingerprint density at radius 2 is 1.86 bits per heavy atom. The molecule has 6 nitrogen and oxygen atoms in total. The van der Waals surface area contributed by atoms with Gasteiger partial charge in [0.15, 0.2) is 12.4 Å². The predicted molar refractivity (Wildman–Crippen MR) is 83.5 cm³/mol. The molecule has 13 heteroatoms. The first-order valence-electron chi connectivity index (χ1n) is 7.52. The second-order valence-electron chi connectivity index (χ2n) is 5.63. The summed E-state index contributed by atoms with van der Waals surface area (Å²) < 4.78 is 94.2. The number of ether oxygens (including phenoxy) is 1. The molecule has 0 amide bonds. The molecule has 28 heavy (non-hydrogen) atoms. The van der Waals surface area contributed by atoms with Gasteiger partial charge < -0.3 is 9.64 Å². The highest BCUT2D eigenvalue weighted by molar-refractivity contribution is 5.34. The molecular formula is C15H14F7N5O. The smallest absolute Gasteiger partial charge is 0.460 e. The Morgan fingerprint density at radius 1 is 1.18 bits per heavy atom. The zero-order valence-electron chi connectivity index (χ0n) is 14.3. The topological polar surface area (TPSA) is 56.1 Å². The molecule has 0 aliphatic heterocycles. The van der Waals surface area contributed by atoms with Crippen molar-refractivity contribution in [1.82, 2.24) is 19.7 Å². The van der Waals surface area contributed by atoms with Crippen molar-refractivity contribution in [3.8, 4) is 5.82 Å². The largest absolute Gasteiger partial charge is 0.490 e. The van der Waals surface area contributed by atoms with E-state index in [1.807, 2.05) is 0 Å². The monoisotopic (exact) mass is 413 g/mol. The zero-order valence-corrected chi connectivity index (χ0v) is 14.3. The van der Waals surface area contributed by atoms with Crippen LogP contribution in [-0.2, 0) is 4.74 Å². The van der Waals surface area contributed by atoms with Gasteiger partial charge in [-0.3, -0.25) is 0 Å². The lowest BCUT2D eigenvalue weighted by Gasteiger charge is -2.28. The molecule has 2 aromatic rings. The number of aromatic nitrogens is 4. The van der Waals surface area contributed by atoms with Crippen molar-refractivity contribution in [3.63, 3.8) is 0 Å². The molecule has 0 unspecified atom stereocenters. The maximum absolute atomic E-state index is 13.2. The summed E-state index contributed by atoms with van der Waals surface area (Å²) in [6, 6.07) is 3.19. The molecule has 0 aliphatic carbocycles. The van der Waals surface area contributed by atoms with Crippen LogP contribution in [0.25, 0.3) is 5.82 Å². The van der Waals surface area contributed by atoms with Crippen LogP contribution in [0.3, 0.4) is 0 Å². The fraction of sp³-hybridized carbons (Fsp3) is 0.400. The van der Waals surface area contributed by atoms with Crippen LogP contribution in [0.5, 0.6) is 0 Å². The minimum atomic E-state index is -6.42. The van der Waals surface area contributed by atoms with Gasteiger partial charge in [-0.05, 0) is 6.07 Å². The van der Waals surface area contributed by atoms with Gasteiger partial charge in [0.1, 0.15) is 5.76 Å². The molecule has 0 saturated carbocycles. The van der Waals surface area contributed by atoms with Crippen LogP contribution in [0, 0.1) is 0 Å². The van der Waals surface area contributed by atoms with Crippen molar-refractivity contribution in [3.05, 3.63) is 43.1 Å². The molecule has 2 rings (SSSR count). The first kappa shape index (κ1) is 21.4. The van der Waals surface area contributed by atoms with Crippen LogP contribution in [0.4, 0.5) is 36.7 Å². The van der Waals surface area contributed by atoms with E-state index in [0.717, 1.165) is 0 Å². The van der Waals surface area contributed by atoms with Gasteiger partial charge >= 0.3 is 18.0 Å². The third kappa shape index (κ3) is 4.51. The highest BCUT2D eigenvalue weighted by Gasteiger charge is 2.73. The van der Waals surface area contributed by atoms with Crippen molar-refractivity contribution in [2.24, 2.45) is 0 Å². The van der Waals surface area contributed by atoms with Crippen molar-refractivity contribution >= 4 is 5.95 Å². The second kappa shape index (κ2) is 7.64. The first-order valence-corrected chi connectivity index (χ1v) is 7.52. The Bertz CT molecular complexity index is 807. The molecule has 0 aliphatic rings. The van der Waals surface area contributed by atoms with E-state index in [4.69, 9.17) is 0 Å². The van der Waals surface area contributed by atoms with E-state index < -0.39 is 30.4 Å². The number of hydrogen-bond donors (Lipinski definition) is 0. The van der Waals surface area contributed by atoms with Gasteiger partial charge in [-0.25, -0.2) is 9.67 Å². The molecular weight excluding hydrogens is 399 g/mol. The van der Waals surface area contributed by atoms with Gasteiger partial charge in [-0.15, -0.1) is 0 Å². The number of alkyl halides is 7. The van der Waals surface area contributed by atoms with E-state index in [1.165, 1.54) is 35.1 Å². The fourth-order valence-electron chi connectivity index (χ4n) is 1.93. The van der Waals surface area contributed by atoms with E-state index in [1.54, 1.807) is 12.3 Å². The van der Waals surface area contributed by atoms with Crippen LogP contribution >= 0.6 is 0 Å². The number of rotatable bonds is 8. The average molecular weight is 413 g/mol. The highest BCUT2D eigenvalue weighted by Crippen LogP contribution is 2.46. The molecule has 0 saturated heterocycles. The Kier molecular flexibility index (Phi) is 5.85. The lowest BCUT2D eigenvalue weighted by molar-refractivity contribution is -0.360. The summed E-state index contributed by atoms with van der Waals surface area (Å²) in [5, 5.41) is 3.97. The summed E-state index contributed by atoms with van der Waals surface area (Å²) in [5.41, 5.74) is 0. The van der Waals surface area contributed by atoms with Crippen molar-refractivity contribution in [2.75, 3.05) is 25.1 Å². The molecule has 0 radical (unpaired) electrons. The van der Waals surface area contributed by atoms with Crippen molar-refractivity contribution < 1.29 is 35.5 Å². The maximum Gasteiger partial charge on any atom is 0.460 e. The van der Waals surface area contributed by atoms with Crippen LogP contribution in [0.2, 0.25) is 0 Å². The third-order valence-corrected chi connectivity index (χ3v) is 3.40. The first-order chi connectivity index (χ1) is 12.8. The number of likely N-dealkylation sites (N-methyl/N-ethyl adjacent to an activating group) is 1. The Hall–Kier alpha value is -2.86. The average Bonchev–Trinajstić information content (AvgIpc) is 3.13. The van der Waals surface area contributed by atoms with Gasteiger partial charge in [-0.2, -0.15) is 40.8 Å². The third-order valence-electron chi connectivity index (χ3n) is 3.40. The summed E-state index contributed by atoms with van der Waals surface area (Å²) in [6.07, 6.45) is -1.91. The van der Waals surface area contributed by atoms with Gasteiger partial charge in [0.2, 0.25) is 5.95 Å². The normalized spacial score (nSPS) is 12.7. The molecule has 154 valence electrons. The van der Waals surface area contributed by atoms with E-state index in [0.29, 0.717) is 5.82 Å². The van der Waals surface area contributed by atoms with Crippen LogP contribution < -0.4 is 4.90 Å². The number of hydrogen-bond acceptors (Lipinski definition) is 5. The van der Waals surface area contributed by atoms with Gasteiger partial charge in [-0.1, -0.05) is 6.58 Å². The minimum absolute atomic E-state index is 0.0881. The maximum atomic E-state index is 13.2. The Balaban J connectivity index is 1.99. The van der Waals surface area contributed by atoms with Gasteiger partial charge in [0.05, 0.1) is 6.54 Å². The molecule has 0 atom stereocenters. The van der Waals surface area contributed by atoms with E-state index in [-0.39, 0.29) is 12.5 Å². The fourth-order valence-corrected chi connectivity index (χ4v) is 1.93. The standard InChI is InChI=1S/C15H14F7N5O/c1-10(28-9-13(16,17)14(18,19)15(20,21)22)8-26(2)12-23-6-4-11(25-12)27-7-3-5-24-27/h3-7H,1,8-9H2,2H3. The number of halogens is 7. The molecule has 0 N–H and O–H groups in total. The second-order valence-corrected chi connectivity index (χ2v) is 5.63. The van der Waals surface area contributed by atoms with E-state index in [2.05, 4.69) is 26.4 Å². The lowest BCUT2D eigenvalue weighted by Crippen LogP contribution is -2.54. The predicted octanol–water partition coefficient (Wildman–Crippen LogP) is 3.46. The summed E-state index contributed by atoms with van der Waals surface area (Å²) in [5.74, 6) is -11.7. The van der Waals surface area contributed by atoms with Crippen LogP contribution in [-0.4, -0.2) is 58.0 Å². The van der Waals surface area contributed by atoms with Crippen molar-refractivity contribution in [2.45, 2.75) is 18.0 Å². The SMILES string of the molecule is C=C(CN(C)c1nccc(-n2cccn2)n1)OCC(F)(F)C(F)(F)C(F)(F)F. The number of nitrogens with zero attached hydrogens (tertiary/aromatic N) is 5. The molecule has 0 bridgehead atoms. The Labute approximate surface area is 154 Å². The van der Waals surface area contributed by atoms with E-state index in [9.17, 15) is 30.7 Å². The molecule has 0 spiro atoms. The quantitative estimate of drug-likeness (QED) is 0.490. The lowest BCUT2D eigenvalue weighted by atomic mass is 10.2. The molecule has 2 heterocycles. The summed E-state index contributed by atoms with van der Waals surface area (Å²) >= 11 is 0. The van der Waals surface area contributed by atoms with Crippen LogP contribution in [0.1, 0.15) is 0 Å². The Morgan fingerprint density at radius 3 is 2.43 bits per heavy atom. The summed E-state index contributed by atoms with van der Waals surface area (Å²) in [7, 11) is 1.42.